The first-order valence-electron chi connectivity index (χ1n) is 14.2. The molecule has 0 saturated heterocycles. The van der Waals surface area contributed by atoms with E-state index in [1.165, 1.54) is 23.3 Å². The van der Waals surface area contributed by atoms with E-state index in [1.807, 2.05) is 33.0 Å². The van der Waals surface area contributed by atoms with Crippen molar-refractivity contribution in [2.24, 2.45) is 18.9 Å². The molecule has 5 heterocycles. The van der Waals surface area contributed by atoms with Gasteiger partial charge in [-0.3, -0.25) is 23.8 Å². The zero-order chi connectivity index (χ0) is 31.1. The average Bonchev–Trinajstić information content (AvgIpc) is 3.64. The number of amides is 1. The number of carbonyl (C=O) groups excluding carboxylic acids is 1. The van der Waals surface area contributed by atoms with Gasteiger partial charge in [0.1, 0.15) is 0 Å². The second kappa shape index (κ2) is 11.6. The van der Waals surface area contributed by atoms with Gasteiger partial charge in [0, 0.05) is 42.3 Å². The predicted octanol–water partition coefficient (Wildman–Crippen LogP) is 3.86. The van der Waals surface area contributed by atoms with Crippen molar-refractivity contribution in [2.45, 2.75) is 44.5 Å². The summed E-state index contributed by atoms with van der Waals surface area (Å²) in [5.41, 5.74) is 3.90. The maximum atomic E-state index is 13.8. The van der Waals surface area contributed by atoms with E-state index in [2.05, 4.69) is 25.7 Å². The van der Waals surface area contributed by atoms with Crippen LogP contribution in [-0.4, -0.2) is 61.7 Å². The Labute approximate surface area is 256 Å². The number of hydrogen-bond acceptors (Lipinski definition) is 8. The number of carboxylic acid groups (broad SMARTS) is 1. The Morgan fingerprint density at radius 1 is 1.16 bits per heavy atom. The van der Waals surface area contributed by atoms with Crippen molar-refractivity contribution in [3.63, 3.8) is 0 Å². The third-order valence-corrected chi connectivity index (χ3v) is 8.73. The van der Waals surface area contributed by atoms with Gasteiger partial charge in [-0.1, -0.05) is 31.6 Å². The Balaban J connectivity index is 1.44. The van der Waals surface area contributed by atoms with Crippen LogP contribution in [-0.2, 0) is 11.8 Å². The van der Waals surface area contributed by atoms with Crippen molar-refractivity contribution in [2.75, 3.05) is 5.32 Å². The molecule has 14 heteroatoms. The van der Waals surface area contributed by atoms with Gasteiger partial charge in [0.25, 0.3) is 5.56 Å². The van der Waals surface area contributed by atoms with E-state index in [9.17, 15) is 19.5 Å². The third kappa shape index (κ3) is 5.34. The van der Waals surface area contributed by atoms with Gasteiger partial charge in [-0.05, 0) is 31.1 Å². The number of rotatable bonds is 4. The van der Waals surface area contributed by atoms with Crippen molar-refractivity contribution < 1.29 is 14.7 Å². The molecule has 1 aliphatic carbocycles. The molecule has 2 N–H and O–H groups in total. The van der Waals surface area contributed by atoms with Gasteiger partial charge in [-0.25, -0.2) is 14.5 Å². The smallest absolute Gasteiger partial charge is 0.358 e. The molecule has 2 unspecified atom stereocenters. The van der Waals surface area contributed by atoms with E-state index in [-0.39, 0.29) is 34.4 Å². The van der Waals surface area contributed by atoms with Crippen LogP contribution in [0.2, 0.25) is 0 Å². The minimum Gasteiger partial charge on any atom is -0.476 e. The molecule has 0 fully saturated rings. The molecular formula is C30H30ClN9O4. The van der Waals surface area contributed by atoms with Crippen LogP contribution in [0.5, 0.6) is 0 Å². The fourth-order valence-corrected chi connectivity index (χ4v) is 5.95. The monoisotopic (exact) mass is 615 g/mol. The molecule has 226 valence electrons. The first-order valence-corrected chi connectivity index (χ1v) is 14.7. The highest BCUT2D eigenvalue weighted by Gasteiger charge is 2.29. The fourth-order valence-electron chi connectivity index (χ4n) is 5.75. The molecule has 13 nitrogen and oxygen atoms in total. The Morgan fingerprint density at radius 3 is 2.73 bits per heavy atom. The summed E-state index contributed by atoms with van der Waals surface area (Å²) in [5.74, 6) is -1.81. The number of allylic oxidation sites excluding steroid dienone is 4. The van der Waals surface area contributed by atoms with Crippen molar-refractivity contribution in [3.8, 4) is 11.3 Å². The molecule has 1 aliphatic heterocycles. The molecular weight excluding hydrogens is 586 g/mol. The number of carboxylic acids is 1. The molecule has 2 aliphatic rings. The summed E-state index contributed by atoms with van der Waals surface area (Å²) in [4.78, 5) is 47.6. The average molecular weight is 616 g/mol. The van der Waals surface area contributed by atoms with Crippen LogP contribution >= 0.6 is 11.6 Å². The second-order valence-electron chi connectivity index (χ2n) is 11.1. The molecule has 0 saturated carbocycles. The van der Waals surface area contributed by atoms with E-state index < -0.39 is 12.0 Å². The maximum absolute atomic E-state index is 13.8. The van der Waals surface area contributed by atoms with E-state index in [1.54, 1.807) is 33.8 Å². The van der Waals surface area contributed by atoms with Gasteiger partial charge >= 0.3 is 5.97 Å². The highest BCUT2D eigenvalue weighted by atomic mass is 35.5. The number of halogens is 1. The lowest BCUT2D eigenvalue weighted by Crippen LogP contribution is -2.28. The van der Waals surface area contributed by atoms with E-state index in [4.69, 9.17) is 16.6 Å². The maximum Gasteiger partial charge on any atom is 0.358 e. The number of alkyl halides is 1. The molecule has 0 spiro atoms. The predicted molar refractivity (Wildman–Crippen MR) is 163 cm³/mol. The first-order chi connectivity index (χ1) is 21.1. The highest BCUT2D eigenvalue weighted by Crippen LogP contribution is 2.37. The van der Waals surface area contributed by atoms with Crippen molar-refractivity contribution in [1.29, 1.82) is 0 Å². The van der Waals surface area contributed by atoms with Crippen LogP contribution in [0.25, 0.3) is 22.5 Å². The lowest BCUT2D eigenvalue weighted by Gasteiger charge is -2.26. The Kier molecular flexibility index (Phi) is 7.72. The van der Waals surface area contributed by atoms with Crippen molar-refractivity contribution >= 4 is 40.4 Å². The number of aromatic nitrogens is 8. The zero-order valence-corrected chi connectivity index (χ0v) is 25.0. The number of pyridine rings is 1. The number of nitrogens with one attached hydrogen (secondary N) is 1. The van der Waals surface area contributed by atoms with E-state index in [0.29, 0.717) is 47.6 Å². The summed E-state index contributed by atoms with van der Waals surface area (Å²) < 4.78 is 4.62. The van der Waals surface area contributed by atoms with Gasteiger partial charge in [0.15, 0.2) is 5.69 Å². The third-order valence-electron chi connectivity index (χ3n) is 8.21. The van der Waals surface area contributed by atoms with Crippen LogP contribution < -0.4 is 10.9 Å². The molecule has 4 aromatic rings. The molecule has 0 radical (unpaired) electrons. The molecule has 44 heavy (non-hydrogen) atoms. The Morgan fingerprint density at radius 2 is 1.98 bits per heavy atom. The number of nitrogens with zero attached hydrogens (tertiary/aromatic N) is 8. The van der Waals surface area contributed by atoms with Crippen LogP contribution in [0.15, 0.2) is 60.1 Å². The van der Waals surface area contributed by atoms with E-state index in [0.717, 1.165) is 11.3 Å². The largest absolute Gasteiger partial charge is 0.476 e. The number of aromatic carboxylic acids is 1. The van der Waals surface area contributed by atoms with Gasteiger partial charge in [0.05, 0.1) is 58.6 Å². The summed E-state index contributed by atoms with van der Waals surface area (Å²) in [6.07, 6.45) is 11.5. The summed E-state index contributed by atoms with van der Waals surface area (Å²) in [6.45, 7) is 3.79. The molecule has 4 aromatic heterocycles. The van der Waals surface area contributed by atoms with Crippen LogP contribution in [0.3, 0.4) is 0 Å². The molecule has 0 aromatic carbocycles. The Hall–Kier alpha value is -4.91. The Bertz CT molecular complexity index is 1890. The number of aryl methyl sites for hydroxylation is 1. The van der Waals surface area contributed by atoms with Crippen LogP contribution in [0.4, 0.5) is 5.69 Å². The fraction of sp³-hybridized carbons (Fsp3) is 0.333. The SMILES string of the molecule is CC1C(c2cc(=O)n([C@H]3CCC[C@@H](C)C(=O)Nc4cnn(C)c4-c4ccnc3c4)cn2)=C(n2cc(C(=O)O)nn2)C=CC1Cl. The summed E-state index contributed by atoms with van der Waals surface area (Å²) >= 11 is 6.58. The standard InChI is InChI=1S/C30H30ClN9O4/c1-16-5-4-6-24(20-11-18(9-10-32-20)28-22(35-29(16)42)13-34-38(28)3)39-15-33-21(12-26(39)41)27-17(2)19(31)7-8-25(27)40-14-23(30(43)44)36-37-40/h7-17,19,24H,4-6H2,1-3H3,(H,35,42)(H,43,44)/t16-,17?,19?,24+/m1/s1. The minimum absolute atomic E-state index is 0.0889. The molecule has 1 amide bonds. The molecule has 6 rings (SSSR count). The van der Waals surface area contributed by atoms with Crippen LogP contribution in [0, 0.1) is 11.8 Å². The van der Waals surface area contributed by atoms with Gasteiger partial charge in [-0.2, -0.15) is 5.10 Å². The van der Waals surface area contributed by atoms with E-state index >= 15 is 0 Å². The lowest BCUT2D eigenvalue weighted by atomic mass is 9.88. The summed E-state index contributed by atoms with van der Waals surface area (Å²) in [6, 6.07) is 4.78. The normalized spacial score (nSPS) is 22.1. The highest BCUT2D eigenvalue weighted by molar-refractivity contribution is 6.23. The molecule has 4 atom stereocenters. The number of hydrogen-bond donors (Lipinski definition) is 2. The van der Waals surface area contributed by atoms with Gasteiger partial charge < -0.3 is 10.4 Å². The number of carbonyl (C=O) groups is 2. The quantitative estimate of drug-likeness (QED) is 0.325. The van der Waals surface area contributed by atoms with Gasteiger partial charge in [-0.15, -0.1) is 16.7 Å². The first kappa shape index (κ1) is 29.2. The molecule has 2 bridgehead atoms. The number of fused-ring (bicyclic) bond motifs is 4. The number of anilines is 1. The van der Waals surface area contributed by atoms with Gasteiger partial charge in [0.2, 0.25) is 5.91 Å². The summed E-state index contributed by atoms with van der Waals surface area (Å²) in [7, 11) is 1.81. The van der Waals surface area contributed by atoms with Crippen molar-refractivity contribution in [3.05, 3.63) is 82.7 Å². The van der Waals surface area contributed by atoms with Crippen LogP contribution in [0.1, 0.15) is 61.0 Å². The van der Waals surface area contributed by atoms with Crippen molar-refractivity contribution in [1.82, 2.24) is 39.3 Å². The summed E-state index contributed by atoms with van der Waals surface area (Å²) in [5, 5.41) is 24.0. The minimum atomic E-state index is -1.20. The lowest BCUT2D eigenvalue weighted by molar-refractivity contribution is -0.119. The second-order valence-corrected chi connectivity index (χ2v) is 11.6. The topological polar surface area (TPSA) is 163 Å². The zero-order valence-electron chi connectivity index (χ0n) is 24.3.